The molecular formula is C13H20FNO. The maximum Gasteiger partial charge on any atom is 0.169 e. The van der Waals surface area contributed by atoms with Gasteiger partial charge >= 0.3 is 0 Å². The van der Waals surface area contributed by atoms with Crippen LogP contribution in [-0.4, -0.2) is 13.7 Å². The second-order valence-corrected chi connectivity index (χ2v) is 3.82. The van der Waals surface area contributed by atoms with Gasteiger partial charge in [0.2, 0.25) is 0 Å². The minimum Gasteiger partial charge on any atom is -0.494 e. The van der Waals surface area contributed by atoms with Gasteiger partial charge < -0.3 is 10.1 Å². The SMILES string of the molecule is CCCCCNCc1cccc(OC)c1F. The van der Waals surface area contributed by atoms with Gasteiger partial charge in [-0.15, -0.1) is 0 Å². The van der Waals surface area contributed by atoms with Crippen LogP contribution in [0.2, 0.25) is 0 Å². The summed E-state index contributed by atoms with van der Waals surface area (Å²) in [5, 5.41) is 3.23. The molecule has 0 bridgehead atoms. The fourth-order valence-electron chi connectivity index (χ4n) is 1.57. The van der Waals surface area contributed by atoms with Crippen molar-refractivity contribution >= 4 is 0 Å². The van der Waals surface area contributed by atoms with E-state index in [0.29, 0.717) is 17.9 Å². The first-order valence-electron chi connectivity index (χ1n) is 5.81. The molecule has 1 rings (SSSR count). The Hall–Kier alpha value is -1.09. The molecule has 2 nitrogen and oxygen atoms in total. The van der Waals surface area contributed by atoms with Crippen LogP contribution in [0.4, 0.5) is 4.39 Å². The molecule has 0 aliphatic carbocycles. The normalized spacial score (nSPS) is 10.4. The van der Waals surface area contributed by atoms with Crippen molar-refractivity contribution in [3.05, 3.63) is 29.6 Å². The summed E-state index contributed by atoms with van der Waals surface area (Å²) in [5.41, 5.74) is 0.663. The van der Waals surface area contributed by atoms with Gasteiger partial charge in [0.25, 0.3) is 0 Å². The van der Waals surface area contributed by atoms with E-state index in [1.807, 2.05) is 6.07 Å². The molecule has 0 unspecified atom stereocenters. The number of nitrogens with one attached hydrogen (secondary N) is 1. The van der Waals surface area contributed by atoms with Crippen molar-refractivity contribution in [1.29, 1.82) is 0 Å². The molecular weight excluding hydrogens is 205 g/mol. The second-order valence-electron chi connectivity index (χ2n) is 3.82. The van der Waals surface area contributed by atoms with E-state index in [2.05, 4.69) is 12.2 Å². The predicted octanol–water partition coefficient (Wildman–Crippen LogP) is 3.11. The van der Waals surface area contributed by atoms with E-state index in [9.17, 15) is 4.39 Å². The lowest BCUT2D eigenvalue weighted by Gasteiger charge is -2.08. The van der Waals surface area contributed by atoms with Gasteiger partial charge in [-0.3, -0.25) is 0 Å². The Morgan fingerprint density at radius 3 is 2.81 bits per heavy atom. The van der Waals surface area contributed by atoms with Crippen molar-refractivity contribution in [3.63, 3.8) is 0 Å². The molecule has 1 aromatic rings. The first-order valence-corrected chi connectivity index (χ1v) is 5.81. The van der Waals surface area contributed by atoms with Crippen LogP contribution < -0.4 is 10.1 Å². The zero-order chi connectivity index (χ0) is 11.8. The summed E-state index contributed by atoms with van der Waals surface area (Å²) < 4.78 is 18.6. The number of ether oxygens (including phenoxy) is 1. The topological polar surface area (TPSA) is 21.3 Å². The second kappa shape index (κ2) is 7.23. The lowest BCUT2D eigenvalue weighted by Crippen LogP contribution is -2.15. The summed E-state index contributed by atoms with van der Waals surface area (Å²) in [4.78, 5) is 0. The van der Waals surface area contributed by atoms with Crippen molar-refractivity contribution in [3.8, 4) is 5.75 Å². The van der Waals surface area contributed by atoms with Crippen molar-refractivity contribution in [2.24, 2.45) is 0 Å². The maximum absolute atomic E-state index is 13.7. The number of hydrogen-bond acceptors (Lipinski definition) is 2. The first kappa shape index (κ1) is 13.0. The molecule has 90 valence electrons. The van der Waals surface area contributed by atoms with Crippen LogP contribution in [0.1, 0.15) is 31.7 Å². The number of unbranched alkanes of at least 4 members (excludes halogenated alkanes) is 2. The minimum atomic E-state index is -0.256. The molecule has 0 saturated carbocycles. The zero-order valence-corrected chi connectivity index (χ0v) is 10.1. The van der Waals surface area contributed by atoms with Gasteiger partial charge in [0.05, 0.1) is 7.11 Å². The highest BCUT2D eigenvalue weighted by atomic mass is 19.1. The third-order valence-electron chi connectivity index (χ3n) is 2.54. The molecule has 1 N–H and O–H groups in total. The maximum atomic E-state index is 13.7. The molecule has 1 aromatic carbocycles. The molecule has 0 spiro atoms. The van der Waals surface area contributed by atoms with E-state index >= 15 is 0 Å². The molecule has 0 atom stereocenters. The summed E-state index contributed by atoms with van der Waals surface area (Å²) in [7, 11) is 1.48. The number of methoxy groups -OCH3 is 1. The van der Waals surface area contributed by atoms with E-state index in [4.69, 9.17) is 4.74 Å². The van der Waals surface area contributed by atoms with Crippen LogP contribution in [0.3, 0.4) is 0 Å². The van der Waals surface area contributed by atoms with Crippen LogP contribution in [0, 0.1) is 5.82 Å². The highest BCUT2D eigenvalue weighted by Crippen LogP contribution is 2.19. The van der Waals surface area contributed by atoms with E-state index < -0.39 is 0 Å². The Labute approximate surface area is 96.8 Å². The van der Waals surface area contributed by atoms with Crippen molar-refractivity contribution in [2.75, 3.05) is 13.7 Å². The molecule has 0 aliphatic heterocycles. The average molecular weight is 225 g/mol. The third kappa shape index (κ3) is 3.81. The molecule has 0 heterocycles. The highest BCUT2D eigenvalue weighted by Gasteiger charge is 2.06. The monoisotopic (exact) mass is 225 g/mol. The van der Waals surface area contributed by atoms with Gasteiger partial charge in [0, 0.05) is 12.1 Å². The van der Waals surface area contributed by atoms with E-state index in [-0.39, 0.29) is 5.82 Å². The van der Waals surface area contributed by atoms with Crippen molar-refractivity contribution in [2.45, 2.75) is 32.7 Å². The van der Waals surface area contributed by atoms with Gasteiger partial charge in [-0.05, 0) is 19.0 Å². The van der Waals surface area contributed by atoms with Gasteiger partial charge in [-0.25, -0.2) is 4.39 Å². The summed E-state index contributed by atoms with van der Waals surface area (Å²) in [6.45, 7) is 3.67. The minimum absolute atomic E-state index is 0.256. The molecule has 3 heteroatoms. The van der Waals surface area contributed by atoms with Gasteiger partial charge in [0.1, 0.15) is 0 Å². The molecule has 0 aromatic heterocycles. The smallest absolute Gasteiger partial charge is 0.169 e. The van der Waals surface area contributed by atoms with E-state index in [0.717, 1.165) is 13.0 Å². The fourth-order valence-corrected chi connectivity index (χ4v) is 1.57. The summed E-state index contributed by atoms with van der Waals surface area (Å²) in [5.74, 6) is 0.0563. The van der Waals surface area contributed by atoms with E-state index in [1.165, 1.54) is 20.0 Å². The summed E-state index contributed by atoms with van der Waals surface area (Å²) in [6.07, 6.45) is 3.56. The van der Waals surface area contributed by atoms with Gasteiger partial charge in [0.15, 0.2) is 11.6 Å². The Morgan fingerprint density at radius 1 is 1.31 bits per heavy atom. The Morgan fingerprint density at radius 2 is 2.12 bits per heavy atom. The molecule has 0 radical (unpaired) electrons. The fraction of sp³-hybridized carbons (Fsp3) is 0.538. The molecule has 0 aliphatic rings. The summed E-state index contributed by atoms with van der Waals surface area (Å²) >= 11 is 0. The Balaban J connectivity index is 2.41. The summed E-state index contributed by atoms with van der Waals surface area (Å²) in [6, 6.07) is 5.23. The molecule has 0 amide bonds. The Kier molecular flexibility index (Phi) is 5.86. The van der Waals surface area contributed by atoms with Crippen LogP contribution in [0.15, 0.2) is 18.2 Å². The van der Waals surface area contributed by atoms with Crippen molar-refractivity contribution in [1.82, 2.24) is 5.32 Å². The zero-order valence-electron chi connectivity index (χ0n) is 10.1. The molecule has 0 fully saturated rings. The first-order chi connectivity index (χ1) is 7.79. The molecule has 0 saturated heterocycles. The largest absolute Gasteiger partial charge is 0.494 e. The van der Waals surface area contributed by atoms with E-state index in [1.54, 1.807) is 12.1 Å². The van der Waals surface area contributed by atoms with Crippen LogP contribution >= 0.6 is 0 Å². The molecule has 16 heavy (non-hydrogen) atoms. The Bertz CT molecular complexity index is 315. The highest BCUT2D eigenvalue weighted by molar-refractivity contribution is 5.30. The lowest BCUT2D eigenvalue weighted by molar-refractivity contribution is 0.383. The quantitative estimate of drug-likeness (QED) is 0.720. The number of benzene rings is 1. The van der Waals surface area contributed by atoms with Crippen LogP contribution in [0.5, 0.6) is 5.75 Å². The number of hydrogen-bond donors (Lipinski definition) is 1. The number of halogens is 1. The van der Waals surface area contributed by atoms with Gasteiger partial charge in [-0.2, -0.15) is 0 Å². The average Bonchev–Trinajstić information content (AvgIpc) is 2.31. The third-order valence-corrected chi connectivity index (χ3v) is 2.54. The number of rotatable bonds is 7. The van der Waals surface area contributed by atoms with Crippen LogP contribution in [-0.2, 0) is 6.54 Å². The van der Waals surface area contributed by atoms with Gasteiger partial charge in [-0.1, -0.05) is 31.9 Å². The lowest BCUT2D eigenvalue weighted by atomic mass is 10.2. The van der Waals surface area contributed by atoms with Crippen molar-refractivity contribution < 1.29 is 9.13 Å². The standard InChI is InChI=1S/C13H20FNO/c1-3-4-5-9-15-10-11-7-6-8-12(16-2)13(11)14/h6-8,15H,3-5,9-10H2,1-2H3. The van der Waals surface area contributed by atoms with Crippen LogP contribution in [0.25, 0.3) is 0 Å². The predicted molar refractivity (Wildman–Crippen MR) is 64.2 cm³/mol.